The van der Waals surface area contributed by atoms with Gasteiger partial charge in [-0.2, -0.15) is 0 Å². The molecule has 2 aromatic rings. The third-order valence-corrected chi connectivity index (χ3v) is 2.51. The second kappa shape index (κ2) is 5.56. The largest absolute Gasteiger partial charge is 0.491 e. The summed E-state index contributed by atoms with van der Waals surface area (Å²) in [4.78, 5) is 15.9. The smallest absolute Gasteiger partial charge is 0.291 e. The lowest BCUT2D eigenvalue weighted by Gasteiger charge is -2.10. The van der Waals surface area contributed by atoms with Gasteiger partial charge in [0.15, 0.2) is 5.82 Å². The Morgan fingerprint density at radius 2 is 2.00 bits per heavy atom. The Morgan fingerprint density at radius 1 is 1.32 bits per heavy atom. The highest BCUT2D eigenvalue weighted by Gasteiger charge is 2.10. The number of aromatic nitrogens is 2. The fourth-order valence-corrected chi connectivity index (χ4v) is 1.66. The molecule has 0 fully saturated rings. The van der Waals surface area contributed by atoms with Crippen molar-refractivity contribution in [1.29, 1.82) is 0 Å². The number of benzene rings is 1. The van der Waals surface area contributed by atoms with Crippen LogP contribution in [0.5, 0.6) is 5.75 Å². The van der Waals surface area contributed by atoms with Crippen molar-refractivity contribution in [2.75, 3.05) is 5.32 Å². The normalized spacial score (nSPS) is 10.5. The molecule has 100 valence electrons. The number of carbonyl (C=O) groups excluding carboxylic acids is 1. The number of rotatable bonds is 4. The number of nitrogens with zero attached hydrogens (tertiary/aromatic N) is 2. The van der Waals surface area contributed by atoms with Crippen LogP contribution in [0, 0.1) is 0 Å². The Morgan fingerprint density at radius 3 is 2.53 bits per heavy atom. The molecule has 0 radical (unpaired) electrons. The van der Waals surface area contributed by atoms with Crippen LogP contribution in [0.25, 0.3) is 0 Å². The van der Waals surface area contributed by atoms with Crippen LogP contribution < -0.4 is 10.1 Å². The summed E-state index contributed by atoms with van der Waals surface area (Å²) >= 11 is 0. The van der Waals surface area contributed by atoms with E-state index < -0.39 is 0 Å². The van der Waals surface area contributed by atoms with Gasteiger partial charge in [-0.15, -0.1) is 0 Å². The minimum absolute atomic E-state index is 0.132. The topological polar surface area (TPSA) is 56.1 Å². The first-order chi connectivity index (χ1) is 9.06. The van der Waals surface area contributed by atoms with Gasteiger partial charge < -0.3 is 14.6 Å². The van der Waals surface area contributed by atoms with Crippen LogP contribution in [-0.4, -0.2) is 21.6 Å². The molecule has 1 aromatic carbocycles. The summed E-state index contributed by atoms with van der Waals surface area (Å²) in [5, 5.41) is 2.79. The summed E-state index contributed by atoms with van der Waals surface area (Å²) in [5.41, 5.74) is 0.712. The van der Waals surface area contributed by atoms with E-state index in [-0.39, 0.29) is 12.0 Å². The molecule has 19 heavy (non-hydrogen) atoms. The molecule has 0 saturated carbocycles. The summed E-state index contributed by atoms with van der Waals surface area (Å²) in [6.45, 7) is 3.94. The van der Waals surface area contributed by atoms with Gasteiger partial charge in [0.2, 0.25) is 0 Å². The molecule has 2 rings (SSSR count). The molecule has 0 spiro atoms. The van der Waals surface area contributed by atoms with Gasteiger partial charge in [-0.3, -0.25) is 4.79 Å². The summed E-state index contributed by atoms with van der Waals surface area (Å²) in [6.07, 6.45) is 3.45. The van der Waals surface area contributed by atoms with Crippen LogP contribution >= 0.6 is 0 Å². The second-order valence-corrected chi connectivity index (χ2v) is 4.51. The van der Waals surface area contributed by atoms with Crippen molar-refractivity contribution in [1.82, 2.24) is 9.55 Å². The average Bonchev–Trinajstić information content (AvgIpc) is 2.77. The van der Waals surface area contributed by atoms with Gasteiger partial charge in [0.25, 0.3) is 5.91 Å². The number of imidazole rings is 1. The van der Waals surface area contributed by atoms with E-state index in [9.17, 15) is 4.79 Å². The van der Waals surface area contributed by atoms with E-state index in [1.165, 1.54) is 0 Å². The van der Waals surface area contributed by atoms with Crippen molar-refractivity contribution in [2.24, 2.45) is 7.05 Å². The Kier molecular flexibility index (Phi) is 3.85. The molecule has 1 aromatic heterocycles. The Labute approximate surface area is 112 Å². The predicted molar refractivity (Wildman–Crippen MR) is 73.4 cm³/mol. The monoisotopic (exact) mass is 259 g/mol. The highest BCUT2D eigenvalue weighted by atomic mass is 16.5. The maximum absolute atomic E-state index is 11.9. The molecule has 0 atom stereocenters. The van der Waals surface area contributed by atoms with E-state index in [1.54, 1.807) is 36.1 Å². The number of ether oxygens (including phenoxy) is 1. The number of aryl methyl sites for hydroxylation is 1. The first-order valence-electron chi connectivity index (χ1n) is 6.11. The van der Waals surface area contributed by atoms with Crippen molar-refractivity contribution >= 4 is 11.6 Å². The molecule has 0 saturated heterocycles. The molecule has 0 aliphatic heterocycles. The van der Waals surface area contributed by atoms with Gasteiger partial charge in [0.05, 0.1) is 6.10 Å². The van der Waals surface area contributed by atoms with Crippen molar-refractivity contribution in [3.05, 3.63) is 42.5 Å². The summed E-state index contributed by atoms with van der Waals surface area (Å²) in [7, 11) is 1.78. The zero-order chi connectivity index (χ0) is 13.8. The summed E-state index contributed by atoms with van der Waals surface area (Å²) in [5.74, 6) is 0.928. The summed E-state index contributed by atoms with van der Waals surface area (Å²) < 4.78 is 7.21. The number of nitrogens with one attached hydrogen (secondary N) is 1. The molecular weight excluding hydrogens is 242 g/mol. The first kappa shape index (κ1) is 13.1. The number of hydrogen-bond acceptors (Lipinski definition) is 3. The molecule has 5 nitrogen and oxygen atoms in total. The minimum Gasteiger partial charge on any atom is -0.491 e. The molecule has 5 heteroatoms. The van der Waals surface area contributed by atoms with Gasteiger partial charge in [0.1, 0.15) is 5.75 Å². The molecule has 0 unspecified atom stereocenters. The Hall–Kier alpha value is -2.30. The molecule has 1 N–H and O–H groups in total. The van der Waals surface area contributed by atoms with E-state index in [1.807, 2.05) is 26.0 Å². The average molecular weight is 259 g/mol. The van der Waals surface area contributed by atoms with Crippen LogP contribution in [0.1, 0.15) is 24.5 Å². The van der Waals surface area contributed by atoms with Crippen molar-refractivity contribution in [3.63, 3.8) is 0 Å². The van der Waals surface area contributed by atoms with Gasteiger partial charge in [-0.05, 0) is 38.1 Å². The summed E-state index contributed by atoms with van der Waals surface area (Å²) in [6, 6.07) is 7.26. The van der Waals surface area contributed by atoms with Gasteiger partial charge >= 0.3 is 0 Å². The number of anilines is 1. The third kappa shape index (κ3) is 3.34. The van der Waals surface area contributed by atoms with Crippen molar-refractivity contribution in [2.45, 2.75) is 20.0 Å². The molecule has 1 heterocycles. The lowest BCUT2D eigenvalue weighted by molar-refractivity contribution is 0.101. The molecule has 1 amide bonds. The SMILES string of the molecule is CC(C)Oc1ccc(NC(=O)c2nccn2C)cc1. The standard InChI is InChI=1S/C14H17N3O2/c1-10(2)19-12-6-4-11(5-7-12)16-14(18)13-15-8-9-17(13)3/h4-10H,1-3H3,(H,16,18). The van der Waals surface area contributed by atoms with E-state index in [0.29, 0.717) is 11.5 Å². The van der Waals surface area contributed by atoms with Crippen LogP contribution in [0.15, 0.2) is 36.7 Å². The van der Waals surface area contributed by atoms with Crippen LogP contribution in [0.4, 0.5) is 5.69 Å². The predicted octanol–water partition coefficient (Wildman–Crippen LogP) is 2.46. The van der Waals surface area contributed by atoms with E-state index >= 15 is 0 Å². The zero-order valence-corrected chi connectivity index (χ0v) is 11.3. The minimum atomic E-state index is -0.231. The number of amides is 1. The molecule has 0 bridgehead atoms. The van der Waals surface area contributed by atoms with E-state index in [0.717, 1.165) is 5.75 Å². The quantitative estimate of drug-likeness (QED) is 0.917. The van der Waals surface area contributed by atoms with Crippen LogP contribution in [0.3, 0.4) is 0 Å². The Bertz CT molecular complexity index is 558. The van der Waals surface area contributed by atoms with Gasteiger partial charge in [-0.25, -0.2) is 4.98 Å². The molecule has 0 aliphatic carbocycles. The maximum atomic E-state index is 11.9. The maximum Gasteiger partial charge on any atom is 0.291 e. The second-order valence-electron chi connectivity index (χ2n) is 4.51. The Balaban J connectivity index is 2.04. The lowest BCUT2D eigenvalue weighted by Crippen LogP contribution is -2.16. The van der Waals surface area contributed by atoms with Gasteiger partial charge in [0, 0.05) is 25.1 Å². The third-order valence-electron chi connectivity index (χ3n) is 2.51. The van der Waals surface area contributed by atoms with E-state index in [4.69, 9.17) is 4.74 Å². The fraction of sp³-hybridized carbons (Fsp3) is 0.286. The van der Waals surface area contributed by atoms with E-state index in [2.05, 4.69) is 10.3 Å². The fourth-order valence-electron chi connectivity index (χ4n) is 1.66. The van der Waals surface area contributed by atoms with Gasteiger partial charge in [-0.1, -0.05) is 0 Å². The zero-order valence-electron chi connectivity index (χ0n) is 11.3. The van der Waals surface area contributed by atoms with Crippen LogP contribution in [0.2, 0.25) is 0 Å². The lowest BCUT2D eigenvalue weighted by atomic mass is 10.3. The number of carbonyl (C=O) groups is 1. The molecular formula is C14H17N3O2. The van der Waals surface area contributed by atoms with Crippen LogP contribution in [-0.2, 0) is 7.05 Å². The highest BCUT2D eigenvalue weighted by molar-refractivity contribution is 6.01. The highest BCUT2D eigenvalue weighted by Crippen LogP contribution is 2.17. The van der Waals surface area contributed by atoms with Crippen molar-refractivity contribution < 1.29 is 9.53 Å². The number of hydrogen-bond donors (Lipinski definition) is 1. The first-order valence-corrected chi connectivity index (χ1v) is 6.11. The molecule has 0 aliphatic rings. The van der Waals surface area contributed by atoms with Crippen molar-refractivity contribution in [3.8, 4) is 5.75 Å².